The Labute approximate surface area is 157 Å². The Morgan fingerprint density at radius 1 is 1.07 bits per heavy atom. The zero-order chi connectivity index (χ0) is 19.6. The van der Waals surface area contributed by atoms with Gasteiger partial charge in [-0.1, -0.05) is 38.1 Å². The molecule has 0 saturated carbocycles. The number of carbonyl (C=O) groups excluding carboxylic acids is 2. The monoisotopic (exact) mass is 367 g/mol. The summed E-state index contributed by atoms with van der Waals surface area (Å²) >= 11 is 0. The van der Waals surface area contributed by atoms with Gasteiger partial charge in [-0.2, -0.15) is 0 Å². The van der Waals surface area contributed by atoms with E-state index < -0.39 is 6.04 Å². The van der Waals surface area contributed by atoms with Gasteiger partial charge in [0.2, 0.25) is 0 Å². The van der Waals surface area contributed by atoms with Crippen molar-refractivity contribution in [2.75, 3.05) is 5.32 Å². The van der Waals surface area contributed by atoms with E-state index in [2.05, 4.69) is 29.8 Å². The van der Waals surface area contributed by atoms with Crippen LogP contribution in [0.1, 0.15) is 43.9 Å². The Balaban J connectivity index is 1.91. The molecule has 1 aliphatic rings. The lowest BCUT2D eigenvalue weighted by Gasteiger charge is -2.29. The van der Waals surface area contributed by atoms with E-state index >= 15 is 0 Å². The normalized spacial score (nSPS) is 16.8. The molecule has 0 aromatic heterocycles. The zero-order valence-electron chi connectivity index (χ0n) is 15.5. The fourth-order valence-electron chi connectivity index (χ4n) is 3.05. The van der Waals surface area contributed by atoms with Gasteiger partial charge in [0.1, 0.15) is 5.82 Å². The maximum Gasteiger partial charge on any atom is 0.319 e. The quantitative estimate of drug-likeness (QED) is 0.757. The van der Waals surface area contributed by atoms with Crippen LogP contribution in [0.3, 0.4) is 0 Å². The van der Waals surface area contributed by atoms with E-state index in [0.717, 1.165) is 5.56 Å². The van der Waals surface area contributed by atoms with E-state index in [1.807, 2.05) is 24.3 Å². The number of anilines is 1. The second kappa shape index (κ2) is 7.61. The molecule has 2 aromatic rings. The van der Waals surface area contributed by atoms with Crippen LogP contribution in [0.2, 0.25) is 0 Å². The highest BCUT2D eigenvalue weighted by molar-refractivity contribution is 6.06. The summed E-state index contributed by atoms with van der Waals surface area (Å²) in [6.45, 7) is 5.90. The molecule has 1 atom stereocenters. The van der Waals surface area contributed by atoms with Crippen molar-refractivity contribution >= 4 is 17.6 Å². The minimum absolute atomic E-state index is 0.357. The van der Waals surface area contributed by atoms with Gasteiger partial charge in [-0.05, 0) is 48.2 Å². The number of rotatable bonds is 4. The molecule has 0 bridgehead atoms. The highest BCUT2D eigenvalue weighted by atomic mass is 19.1. The molecule has 2 aromatic carbocycles. The minimum atomic E-state index is -0.569. The van der Waals surface area contributed by atoms with Crippen LogP contribution < -0.4 is 16.0 Å². The van der Waals surface area contributed by atoms with E-state index in [1.54, 1.807) is 6.92 Å². The van der Waals surface area contributed by atoms with E-state index in [-0.39, 0.29) is 17.8 Å². The fraction of sp³-hybridized carbons (Fsp3) is 0.238. The molecule has 0 fully saturated rings. The summed E-state index contributed by atoms with van der Waals surface area (Å²) < 4.78 is 13.1. The van der Waals surface area contributed by atoms with Crippen LogP contribution in [0.5, 0.6) is 0 Å². The number of halogens is 1. The summed E-state index contributed by atoms with van der Waals surface area (Å²) in [6, 6.07) is 12.4. The summed E-state index contributed by atoms with van der Waals surface area (Å²) in [5, 5.41) is 8.21. The molecule has 3 amide bonds. The fourth-order valence-corrected chi connectivity index (χ4v) is 3.05. The van der Waals surface area contributed by atoms with Gasteiger partial charge in [0.05, 0.1) is 11.6 Å². The molecule has 0 radical (unpaired) electrons. The first-order valence-electron chi connectivity index (χ1n) is 8.80. The third-order valence-corrected chi connectivity index (χ3v) is 4.55. The maximum absolute atomic E-state index is 13.1. The molecule has 27 heavy (non-hydrogen) atoms. The maximum atomic E-state index is 13.1. The van der Waals surface area contributed by atoms with Crippen molar-refractivity contribution in [3.8, 4) is 0 Å². The first-order chi connectivity index (χ1) is 12.8. The number of nitrogens with one attached hydrogen (secondary N) is 3. The summed E-state index contributed by atoms with van der Waals surface area (Å²) in [5.74, 6) is -0.345. The average Bonchev–Trinajstić information content (AvgIpc) is 2.63. The standard InChI is InChI=1S/C21H22FN3O2/c1-12(2)14-4-6-15(7-5-14)19-18(13(3)23-21(27)25-19)20(26)24-17-10-8-16(22)9-11-17/h4-12,19H,1-3H3,(H,24,26)(H2,23,25,27). The van der Waals surface area contributed by atoms with Gasteiger partial charge in [0.25, 0.3) is 5.91 Å². The highest BCUT2D eigenvalue weighted by Crippen LogP contribution is 2.29. The molecule has 140 valence electrons. The number of benzene rings is 2. The predicted molar refractivity (Wildman–Crippen MR) is 103 cm³/mol. The van der Waals surface area contributed by atoms with E-state index in [0.29, 0.717) is 22.9 Å². The molecule has 5 nitrogen and oxygen atoms in total. The molecule has 3 N–H and O–H groups in total. The van der Waals surface area contributed by atoms with Crippen molar-refractivity contribution in [1.82, 2.24) is 10.6 Å². The van der Waals surface area contributed by atoms with Crippen LogP contribution in [0.15, 0.2) is 59.8 Å². The number of hydrogen-bond acceptors (Lipinski definition) is 2. The Morgan fingerprint density at radius 2 is 1.70 bits per heavy atom. The Morgan fingerprint density at radius 3 is 2.30 bits per heavy atom. The molecular formula is C21H22FN3O2. The number of allylic oxidation sites excluding steroid dienone is 1. The van der Waals surface area contributed by atoms with Crippen molar-refractivity contribution in [1.29, 1.82) is 0 Å². The topological polar surface area (TPSA) is 70.2 Å². The van der Waals surface area contributed by atoms with E-state index in [9.17, 15) is 14.0 Å². The van der Waals surface area contributed by atoms with Crippen LogP contribution in [0.25, 0.3) is 0 Å². The number of amides is 3. The van der Waals surface area contributed by atoms with Gasteiger partial charge in [-0.15, -0.1) is 0 Å². The Hall–Kier alpha value is -3.15. The number of carbonyl (C=O) groups is 2. The molecule has 1 heterocycles. The Kier molecular flexibility index (Phi) is 5.26. The molecule has 0 saturated heterocycles. The van der Waals surface area contributed by atoms with Crippen LogP contribution >= 0.6 is 0 Å². The zero-order valence-corrected chi connectivity index (χ0v) is 15.5. The van der Waals surface area contributed by atoms with E-state index in [1.165, 1.54) is 29.8 Å². The third kappa shape index (κ3) is 4.16. The summed E-state index contributed by atoms with van der Waals surface area (Å²) in [6.07, 6.45) is 0. The lowest BCUT2D eigenvalue weighted by molar-refractivity contribution is -0.113. The van der Waals surface area contributed by atoms with Gasteiger partial charge in [0, 0.05) is 11.4 Å². The number of urea groups is 1. The third-order valence-electron chi connectivity index (χ3n) is 4.55. The second-order valence-corrected chi connectivity index (χ2v) is 6.85. The van der Waals surface area contributed by atoms with Gasteiger partial charge in [-0.25, -0.2) is 9.18 Å². The highest BCUT2D eigenvalue weighted by Gasteiger charge is 2.31. The predicted octanol–water partition coefficient (Wildman–Crippen LogP) is 4.22. The molecular weight excluding hydrogens is 345 g/mol. The molecule has 6 heteroatoms. The van der Waals surface area contributed by atoms with Crippen LogP contribution in [-0.4, -0.2) is 11.9 Å². The van der Waals surface area contributed by atoms with Crippen LogP contribution in [0, 0.1) is 5.82 Å². The van der Waals surface area contributed by atoms with Crippen molar-refractivity contribution in [2.24, 2.45) is 0 Å². The molecule has 0 aliphatic carbocycles. The summed E-state index contributed by atoms with van der Waals surface area (Å²) in [4.78, 5) is 24.8. The minimum Gasteiger partial charge on any atom is -0.327 e. The van der Waals surface area contributed by atoms with Gasteiger partial charge in [0.15, 0.2) is 0 Å². The first kappa shape index (κ1) is 18.6. The second-order valence-electron chi connectivity index (χ2n) is 6.85. The largest absolute Gasteiger partial charge is 0.327 e. The SMILES string of the molecule is CC1=C(C(=O)Nc2ccc(F)cc2)C(c2ccc(C(C)C)cc2)NC(=O)N1. The van der Waals surface area contributed by atoms with Gasteiger partial charge in [-0.3, -0.25) is 4.79 Å². The summed E-state index contributed by atoms with van der Waals surface area (Å²) in [7, 11) is 0. The van der Waals surface area contributed by atoms with Gasteiger partial charge < -0.3 is 16.0 Å². The van der Waals surface area contributed by atoms with Crippen LogP contribution in [-0.2, 0) is 4.79 Å². The number of hydrogen-bond donors (Lipinski definition) is 3. The van der Waals surface area contributed by atoms with E-state index in [4.69, 9.17) is 0 Å². The lowest BCUT2D eigenvalue weighted by Crippen LogP contribution is -2.45. The first-order valence-corrected chi connectivity index (χ1v) is 8.80. The lowest BCUT2D eigenvalue weighted by atomic mass is 9.92. The molecule has 3 rings (SSSR count). The van der Waals surface area contributed by atoms with Crippen molar-refractivity contribution in [2.45, 2.75) is 32.7 Å². The average molecular weight is 367 g/mol. The van der Waals surface area contributed by atoms with Crippen molar-refractivity contribution in [3.63, 3.8) is 0 Å². The molecule has 0 spiro atoms. The van der Waals surface area contributed by atoms with Crippen LogP contribution in [0.4, 0.5) is 14.9 Å². The molecule has 1 unspecified atom stereocenters. The molecule has 1 aliphatic heterocycles. The Bertz CT molecular complexity index is 887. The van der Waals surface area contributed by atoms with Gasteiger partial charge >= 0.3 is 6.03 Å². The smallest absolute Gasteiger partial charge is 0.319 e. The summed E-state index contributed by atoms with van der Waals surface area (Å²) in [5.41, 5.74) is 3.37. The van der Waals surface area contributed by atoms with Crippen molar-refractivity contribution in [3.05, 3.63) is 76.7 Å². The van der Waals surface area contributed by atoms with Crippen molar-refractivity contribution < 1.29 is 14.0 Å².